The van der Waals surface area contributed by atoms with Crippen molar-refractivity contribution in [2.45, 2.75) is 82.5 Å². The molecule has 0 bridgehead atoms. The van der Waals surface area contributed by atoms with Crippen molar-refractivity contribution in [1.82, 2.24) is 15.5 Å². The first-order valence-electron chi connectivity index (χ1n) is 13.7. The van der Waals surface area contributed by atoms with Gasteiger partial charge in [-0.25, -0.2) is 0 Å². The van der Waals surface area contributed by atoms with E-state index in [4.69, 9.17) is 5.73 Å². The summed E-state index contributed by atoms with van der Waals surface area (Å²) in [6.45, 7) is 2.13. The van der Waals surface area contributed by atoms with Gasteiger partial charge in [-0.1, -0.05) is 92.8 Å². The molecule has 37 heavy (non-hydrogen) atoms. The molecule has 1 aliphatic heterocycles. The van der Waals surface area contributed by atoms with Crippen LogP contribution in [0.3, 0.4) is 0 Å². The van der Waals surface area contributed by atoms with Crippen molar-refractivity contribution in [2.24, 2.45) is 11.7 Å². The molecule has 4 rings (SSSR count). The molecule has 7 nitrogen and oxygen atoms in total. The predicted octanol–water partition coefficient (Wildman–Crippen LogP) is 3.69. The maximum atomic E-state index is 13.8. The Balaban J connectivity index is 1.51. The average molecular weight is 505 g/mol. The summed E-state index contributed by atoms with van der Waals surface area (Å²) in [5.41, 5.74) is 7.78. The second kappa shape index (κ2) is 12.9. The monoisotopic (exact) mass is 504 g/mol. The quantitative estimate of drug-likeness (QED) is 0.484. The molecule has 3 atom stereocenters. The van der Waals surface area contributed by atoms with Crippen molar-refractivity contribution in [3.05, 3.63) is 71.8 Å². The van der Waals surface area contributed by atoms with Crippen LogP contribution >= 0.6 is 0 Å². The number of carbonyl (C=O) groups is 3. The van der Waals surface area contributed by atoms with E-state index in [9.17, 15) is 14.4 Å². The Bertz CT molecular complexity index is 998. The molecule has 0 aromatic heterocycles. The lowest BCUT2D eigenvalue weighted by Crippen LogP contribution is -2.56. The van der Waals surface area contributed by atoms with Gasteiger partial charge in [0.05, 0.1) is 12.1 Å². The maximum Gasteiger partial charge on any atom is 0.245 e. The number of hydrogen-bond acceptors (Lipinski definition) is 4. The molecule has 1 saturated carbocycles. The van der Waals surface area contributed by atoms with Crippen molar-refractivity contribution < 1.29 is 14.4 Å². The molecule has 1 heterocycles. The van der Waals surface area contributed by atoms with Crippen molar-refractivity contribution >= 4 is 17.7 Å². The van der Waals surface area contributed by atoms with Crippen molar-refractivity contribution in [3.63, 3.8) is 0 Å². The van der Waals surface area contributed by atoms with Gasteiger partial charge in [-0.05, 0) is 43.2 Å². The molecule has 2 aromatic carbocycles. The lowest BCUT2D eigenvalue weighted by molar-refractivity contribution is -0.142. The molecule has 2 aromatic rings. The van der Waals surface area contributed by atoms with Gasteiger partial charge in [-0.15, -0.1) is 0 Å². The first kappa shape index (κ1) is 26.9. The minimum Gasteiger partial charge on any atom is -0.343 e. The van der Waals surface area contributed by atoms with E-state index in [1.165, 1.54) is 6.42 Å². The van der Waals surface area contributed by atoms with E-state index in [0.717, 1.165) is 43.2 Å². The number of nitrogens with zero attached hydrogens (tertiary/aromatic N) is 1. The Morgan fingerprint density at radius 3 is 2.03 bits per heavy atom. The van der Waals surface area contributed by atoms with E-state index in [1.807, 2.05) is 60.7 Å². The third-order valence-electron chi connectivity index (χ3n) is 7.71. The molecule has 0 unspecified atom stereocenters. The van der Waals surface area contributed by atoms with Crippen molar-refractivity contribution in [2.75, 3.05) is 6.54 Å². The zero-order chi connectivity index (χ0) is 26.2. The fourth-order valence-electron chi connectivity index (χ4n) is 5.67. The molecule has 198 valence electrons. The third kappa shape index (κ3) is 6.98. The van der Waals surface area contributed by atoms with E-state index < -0.39 is 18.1 Å². The molecule has 3 amide bonds. The number of benzene rings is 2. The normalized spacial score (nSPS) is 19.9. The topological polar surface area (TPSA) is 105 Å². The standard InChI is InChI=1S/C30H40N4O3/c1-21(31)28(35)32-25(20-22-12-5-2-6-13-22)30(37)34-19-11-18-26(34)29(36)33-27(23-14-7-3-8-15-23)24-16-9-4-10-17-24/h3-4,7-10,14-17,21-22,25-27H,2,5-6,11-13,18-20,31H2,1H3,(H,32,35)(H,33,36)/t21-,25-,26-/m0/s1. The average Bonchev–Trinajstić information content (AvgIpc) is 3.42. The second-order valence-corrected chi connectivity index (χ2v) is 10.5. The van der Waals surface area contributed by atoms with Gasteiger partial charge in [-0.3, -0.25) is 14.4 Å². The van der Waals surface area contributed by atoms with Gasteiger partial charge in [0, 0.05) is 6.54 Å². The number of carbonyl (C=O) groups excluding carboxylic acids is 3. The first-order chi connectivity index (χ1) is 17.9. The highest BCUT2D eigenvalue weighted by atomic mass is 16.2. The summed E-state index contributed by atoms with van der Waals surface area (Å²) in [7, 11) is 0. The van der Waals surface area contributed by atoms with Crippen LogP contribution in [0.25, 0.3) is 0 Å². The van der Waals surface area contributed by atoms with Crippen LogP contribution in [0.1, 0.15) is 75.5 Å². The van der Waals surface area contributed by atoms with E-state index in [2.05, 4.69) is 10.6 Å². The smallest absolute Gasteiger partial charge is 0.245 e. The fraction of sp³-hybridized carbons (Fsp3) is 0.500. The number of nitrogens with one attached hydrogen (secondary N) is 2. The zero-order valence-electron chi connectivity index (χ0n) is 21.8. The highest BCUT2D eigenvalue weighted by Crippen LogP contribution is 2.29. The van der Waals surface area contributed by atoms with Gasteiger partial charge in [0.15, 0.2) is 0 Å². The van der Waals surface area contributed by atoms with Gasteiger partial charge < -0.3 is 21.3 Å². The van der Waals surface area contributed by atoms with Crippen LogP contribution in [-0.2, 0) is 14.4 Å². The van der Waals surface area contributed by atoms with Gasteiger partial charge in [0.2, 0.25) is 17.7 Å². The Kier molecular flexibility index (Phi) is 9.34. The number of rotatable bonds is 9. The summed E-state index contributed by atoms with van der Waals surface area (Å²) in [6.07, 6.45) is 7.62. The van der Waals surface area contributed by atoms with Crippen molar-refractivity contribution in [1.29, 1.82) is 0 Å². The van der Waals surface area contributed by atoms with Gasteiger partial charge in [-0.2, -0.15) is 0 Å². The van der Waals surface area contributed by atoms with E-state index in [0.29, 0.717) is 25.3 Å². The van der Waals surface area contributed by atoms with Crippen LogP contribution < -0.4 is 16.4 Å². The van der Waals surface area contributed by atoms with E-state index in [1.54, 1.807) is 11.8 Å². The maximum absolute atomic E-state index is 13.8. The Morgan fingerprint density at radius 2 is 1.46 bits per heavy atom. The van der Waals surface area contributed by atoms with Gasteiger partial charge in [0.1, 0.15) is 12.1 Å². The van der Waals surface area contributed by atoms with Crippen LogP contribution in [0.2, 0.25) is 0 Å². The summed E-state index contributed by atoms with van der Waals surface area (Å²) in [5.74, 6) is -0.277. The molecule has 2 fully saturated rings. The summed E-state index contributed by atoms with van der Waals surface area (Å²) >= 11 is 0. The number of hydrogen-bond donors (Lipinski definition) is 3. The second-order valence-electron chi connectivity index (χ2n) is 10.5. The predicted molar refractivity (Wildman–Crippen MR) is 144 cm³/mol. The molecule has 2 aliphatic rings. The molecule has 0 spiro atoms. The molecule has 4 N–H and O–H groups in total. The first-order valence-corrected chi connectivity index (χ1v) is 13.7. The molecular weight excluding hydrogens is 464 g/mol. The van der Waals surface area contributed by atoms with Crippen LogP contribution in [-0.4, -0.2) is 47.3 Å². The van der Waals surface area contributed by atoms with Crippen LogP contribution in [0, 0.1) is 5.92 Å². The molecule has 0 radical (unpaired) electrons. The Labute approximate surface area is 220 Å². The van der Waals surface area contributed by atoms with Crippen LogP contribution in [0.5, 0.6) is 0 Å². The van der Waals surface area contributed by atoms with E-state index >= 15 is 0 Å². The highest BCUT2D eigenvalue weighted by Gasteiger charge is 2.39. The summed E-state index contributed by atoms with van der Waals surface area (Å²) in [4.78, 5) is 41.6. The summed E-state index contributed by atoms with van der Waals surface area (Å²) < 4.78 is 0. The highest BCUT2D eigenvalue weighted by molar-refractivity contribution is 5.93. The SMILES string of the molecule is C[C@H](N)C(=O)N[C@@H](CC1CCCCC1)C(=O)N1CCC[C@H]1C(=O)NC(c1ccccc1)c1ccccc1. The third-order valence-corrected chi connectivity index (χ3v) is 7.71. The lowest BCUT2D eigenvalue weighted by Gasteiger charge is -2.32. The summed E-state index contributed by atoms with van der Waals surface area (Å²) in [6, 6.07) is 17.5. The number of likely N-dealkylation sites (tertiary alicyclic amines) is 1. The van der Waals surface area contributed by atoms with Crippen molar-refractivity contribution in [3.8, 4) is 0 Å². The van der Waals surface area contributed by atoms with Gasteiger partial charge >= 0.3 is 0 Å². The minimum absolute atomic E-state index is 0.168. The number of amides is 3. The largest absolute Gasteiger partial charge is 0.343 e. The van der Waals surface area contributed by atoms with Crippen LogP contribution in [0.4, 0.5) is 0 Å². The lowest BCUT2D eigenvalue weighted by atomic mass is 9.84. The Hall–Kier alpha value is -3.19. The molecule has 7 heteroatoms. The molecule has 1 aliphatic carbocycles. The number of nitrogens with two attached hydrogens (primary N) is 1. The molecule has 1 saturated heterocycles. The van der Waals surface area contributed by atoms with Gasteiger partial charge in [0.25, 0.3) is 0 Å². The van der Waals surface area contributed by atoms with E-state index in [-0.39, 0.29) is 23.8 Å². The zero-order valence-corrected chi connectivity index (χ0v) is 21.8. The summed E-state index contributed by atoms with van der Waals surface area (Å²) in [5, 5.41) is 6.12. The van der Waals surface area contributed by atoms with Crippen LogP contribution in [0.15, 0.2) is 60.7 Å². The molecular formula is C30H40N4O3. The fourth-order valence-corrected chi connectivity index (χ4v) is 5.67. The Morgan fingerprint density at radius 1 is 0.865 bits per heavy atom. The minimum atomic E-state index is -0.697.